The van der Waals surface area contributed by atoms with Gasteiger partial charge in [-0.3, -0.25) is 0 Å². The number of unbranched alkanes of at least 4 members (excludes halogenated alkanes) is 10. The number of hydrogen-bond acceptors (Lipinski definition) is 0. The van der Waals surface area contributed by atoms with Gasteiger partial charge in [0, 0.05) is 0 Å². The van der Waals surface area contributed by atoms with E-state index < -0.39 is 0 Å². The summed E-state index contributed by atoms with van der Waals surface area (Å²) in [5, 5.41) is 24.8. The average Bonchev–Trinajstić information content (AvgIpc) is 3.26. The molecule has 0 unspecified atom stereocenters. The summed E-state index contributed by atoms with van der Waals surface area (Å²) in [6, 6.07) is 43.7. The van der Waals surface area contributed by atoms with E-state index in [1.54, 1.807) is 0 Å². The monoisotopic (exact) mass is 785 g/mol. The fourth-order valence-electron chi connectivity index (χ4n) is 11.5. The smallest absolute Gasteiger partial charge is 0.00134 e. The standard InChI is InChI=1S/C60H64/c1-7-9-11-13-15-19-31-59(3,4)45-33-39-23-25-43-37-51-47-21-17-18-22-48(47)52-38-44-26-24-40-34-46(60(5,6)32-20-16-14-12-10-8-2)36-42-28-30-50(56(44)54(40)42)58(52)57(51)49-29-27-41(35-45)53(39)55(43)49/h17-18,21-30,33-38H,7-16,19-20,31-32H2,1-6H3. The molecule has 0 radical (unpaired) electrons. The second kappa shape index (κ2) is 15.5. The number of benzene rings is 10. The topological polar surface area (TPSA) is 0 Å². The van der Waals surface area contributed by atoms with E-state index in [1.165, 1.54) is 198 Å². The lowest BCUT2D eigenvalue weighted by molar-refractivity contribution is 0.443. The summed E-state index contributed by atoms with van der Waals surface area (Å²) in [5.74, 6) is 0. The van der Waals surface area contributed by atoms with Crippen LogP contribution in [0.4, 0.5) is 0 Å². The molecule has 0 heteroatoms. The van der Waals surface area contributed by atoms with Crippen molar-refractivity contribution in [1.82, 2.24) is 0 Å². The molecule has 0 nitrogen and oxygen atoms in total. The van der Waals surface area contributed by atoms with E-state index >= 15 is 0 Å². The van der Waals surface area contributed by atoms with Crippen molar-refractivity contribution in [1.29, 1.82) is 0 Å². The van der Waals surface area contributed by atoms with Crippen LogP contribution in [0.25, 0.3) is 97.0 Å². The molecule has 60 heavy (non-hydrogen) atoms. The first-order valence-corrected chi connectivity index (χ1v) is 23.8. The maximum atomic E-state index is 2.53. The Bertz CT molecular complexity index is 2920. The van der Waals surface area contributed by atoms with Crippen LogP contribution in [-0.2, 0) is 10.8 Å². The molecule has 10 aromatic rings. The summed E-state index contributed by atoms with van der Waals surface area (Å²) in [4.78, 5) is 0. The maximum absolute atomic E-state index is 2.53. The van der Waals surface area contributed by atoms with Crippen molar-refractivity contribution in [2.45, 2.75) is 142 Å². The Labute approximate surface area is 358 Å². The highest BCUT2D eigenvalue weighted by Crippen LogP contribution is 2.49. The Morgan fingerprint density at radius 2 is 0.633 bits per heavy atom. The quantitative estimate of drug-likeness (QED) is 0.0520. The lowest BCUT2D eigenvalue weighted by Gasteiger charge is -2.27. The van der Waals surface area contributed by atoms with Crippen LogP contribution in [0, 0.1) is 0 Å². The molecule has 10 rings (SSSR count). The summed E-state index contributed by atoms with van der Waals surface area (Å²) in [6.45, 7) is 14.5. The molecule has 304 valence electrons. The molecule has 0 aliphatic carbocycles. The highest BCUT2D eigenvalue weighted by molar-refractivity contribution is 6.43. The molecule has 0 saturated heterocycles. The van der Waals surface area contributed by atoms with E-state index in [0.29, 0.717) is 0 Å². The molecule has 0 aliphatic rings. The summed E-state index contributed by atoms with van der Waals surface area (Å²) < 4.78 is 0. The largest absolute Gasteiger partial charge is 0.0654 e. The third kappa shape index (κ3) is 6.56. The van der Waals surface area contributed by atoms with E-state index in [1.807, 2.05) is 0 Å². The molecule has 0 heterocycles. The van der Waals surface area contributed by atoms with Crippen molar-refractivity contribution in [2.24, 2.45) is 0 Å². The molecule has 0 atom stereocenters. The van der Waals surface area contributed by atoms with Gasteiger partial charge in [-0.05, 0) is 144 Å². The Hall–Kier alpha value is -4.94. The summed E-state index contributed by atoms with van der Waals surface area (Å²) in [6.07, 6.45) is 18.6. The normalized spacial score (nSPS) is 13.1. The first-order valence-electron chi connectivity index (χ1n) is 23.8. The Kier molecular flexibility index (Phi) is 10.1. The minimum absolute atomic E-state index is 0.138. The zero-order valence-corrected chi connectivity index (χ0v) is 37.3. The maximum Gasteiger partial charge on any atom is -0.00134 e. The lowest BCUT2D eigenvalue weighted by Crippen LogP contribution is -2.17. The third-order valence-electron chi connectivity index (χ3n) is 15.1. The first kappa shape index (κ1) is 39.2. The second-order valence-corrected chi connectivity index (χ2v) is 20.1. The van der Waals surface area contributed by atoms with Crippen LogP contribution in [0.5, 0.6) is 0 Å². The van der Waals surface area contributed by atoms with Gasteiger partial charge < -0.3 is 0 Å². The van der Waals surface area contributed by atoms with Gasteiger partial charge in [-0.25, -0.2) is 0 Å². The lowest BCUT2D eigenvalue weighted by atomic mass is 9.77. The van der Waals surface area contributed by atoms with Crippen molar-refractivity contribution in [3.05, 3.63) is 120 Å². The van der Waals surface area contributed by atoms with Gasteiger partial charge in [0.05, 0.1) is 0 Å². The van der Waals surface area contributed by atoms with Crippen molar-refractivity contribution >= 4 is 97.0 Å². The third-order valence-corrected chi connectivity index (χ3v) is 15.1. The van der Waals surface area contributed by atoms with Gasteiger partial charge in [0.1, 0.15) is 0 Å². The van der Waals surface area contributed by atoms with Gasteiger partial charge in [0.15, 0.2) is 0 Å². The van der Waals surface area contributed by atoms with Crippen molar-refractivity contribution in [3.8, 4) is 0 Å². The second-order valence-electron chi connectivity index (χ2n) is 20.1. The molecule has 0 saturated carbocycles. The average molecular weight is 785 g/mol. The molecule has 0 amide bonds. The van der Waals surface area contributed by atoms with Crippen LogP contribution >= 0.6 is 0 Å². The van der Waals surface area contributed by atoms with Crippen LogP contribution in [0.3, 0.4) is 0 Å². The van der Waals surface area contributed by atoms with Gasteiger partial charge in [-0.15, -0.1) is 0 Å². The predicted molar refractivity (Wildman–Crippen MR) is 268 cm³/mol. The highest BCUT2D eigenvalue weighted by Gasteiger charge is 2.25. The summed E-state index contributed by atoms with van der Waals surface area (Å²) >= 11 is 0. The van der Waals surface area contributed by atoms with Crippen molar-refractivity contribution < 1.29 is 0 Å². The summed E-state index contributed by atoms with van der Waals surface area (Å²) in [5.41, 5.74) is 3.22. The number of hydrogen-bond donors (Lipinski definition) is 0. The first-order chi connectivity index (χ1) is 29.2. The van der Waals surface area contributed by atoms with E-state index in [2.05, 4.69) is 151 Å². The van der Waals surface area contributed by atoms with Gasteiger partial charge >= 0.3 is 0 Å². The highest BCUT2D eigenvalue weighted by atomic mass is 14.3. The van der Waals surface area contributed by atoms with Crippen LogP contribution in [0.1, 0.15) is 143 Å². The molecule has 0 N–H and O–H groups in total. The fourth-order valence-corrected chi connectivity index (χ4v) is 11.5. The van der Waals surface area contributed by atoms with E-state index in [9.17, 15) is 0 Å². The van der Waals surface area contributed by atoms with Gasteiger partial charge in [0.2, 0.25) is 0 Å². The zero-order valence-electron chi connectivity index (χ0n) is 37.3. The molecular weight excluding hydrogens is 721 g/mol. The van der Waals surface area contributed by atoms with Gasteiger partial charge in [-0.2, -0.15) is 0 Å². The van der Waals surface area contributed by atoms with Crippen LogP contribution < -0.4 is 0 Å². The molecule has 0 spiro atoms. The fraction of sp³-hybridized carbons (Fsp3) is 0.367. The minimum Gasteiger partial charge on any atom is -0.0654 e. The number of fused-ring (bicyclic) bond motifs is 8. The van der Waals surface area contributed by atoms with Crippen LogP contribution in [0.2, 0.25) is 0 Å². The zero-order chi connectivity index (χ0) is 41.2. The van der Waals surface area contributed by atoms with Gasteiger partial charge in [0.25, 0.3) is 0 Å². The predicted octanol–water partition coefficient (Wildman–Crippen LogP) is 19.0. The molecule has 0 aromatic heterocycles. The van der Waals surface area contributed by atoms with Crippen LogP contribution in [0.15, 0.2) is 109 Å². The molecule has 0 fully saturated rings. The molecular formula is C60H64. The minimum atomic E-state index is 0.138. The molecule has 0 aliphatic heterocycles. The van der Waals surface area contributed by atoms with Crippen molar-refractivity contribution in [3.63, 3.8) is 0 Å². The summed E-state index contributed by atoms with van der Waals surface area (Å²) in [7, 11) is 0. The van der Waals surface area contributed by atoms with Crippen molar-refractivity contribution in [2.75, 3.05) is 0 Å². The Morgan fingerprint density at radius 1 is 0.300 bits per heavy atom. The Morgan fingerprint density at radius 3 is 1.02 bits per heavy atom. The van der Waals surface area contributed by atoms with E-state index in [-0.39, 0.29) is 10.8 Å². The van der Waals surface area contributed by atoms with E-state index in [0.717, 1.165) is 0 Å². The number of rotatable bonds is 16. The van der Waals surface area contributed by atoms with Crippen LogP contribution in [-0.4, -0.2) is 0 Å². The SMILES string of the molecule is CCCCCCCCC(C)(C)c1cc2ccc3cc4c5ccccc5c5cc6ccc7cc(C(C)(C)CCCCCCCC)cc8ccc(c6c78)c5c4c4ccc(c1)c2c34. The molecule has 10 aromatic carbocycles. The van der Waals surface area contributed by atoms with Gasteiger partial charge in [-0.1, -0.05) is 216 Å². The van der Waals surface area contributed by atoms with E-state index in [4.69, 9.17) is 0 Å². The molecule has 0 bridgehead atoms. The Balaban J connectivity index is 1.15.